The van der Waals surface area contributed by atoms with Crippen LogP contribution >= 0.6 is 11.6 Å². The van der Waals surface area contributed by atoms with Crippen molar-refractivity contribution in [2.45, 2.75) is 19.1 Å². The fraction of sp³-hybridized carbons (Fsp3) is 0.250. The first-order valence-electron chi connectivity index (χ1n) is 5.53. The fourth-order valence-electron chi connectivity index (χ4n) is 1.38. The Morgan fingerprint density at radius 2 is 2.10 bits per heavy atom. The minimum Gasteiger partial charge on any atom is -0.480 e. The third-order valence-electron chi connectivity index (χ3n) is 2.38. The van der Waals surface area contributed by atoms with Crippen LogP contribution in [0.2, 0.25) is 5.02 Å². The Balaban J connectivity index is 2.81. The summed E-state index contributed by atoms with van der Waals surface area (Å²) in [6, 6.07) is 3.83. The van der Waals surface area contributed by atoms with Gasteiger partial charge in [0.15, 0.2) is 6.04 Å². The van der Waals surface area contributed by atoms with E-state index in [1.807, 2.05) is 6.07 Å². The molecule has 0 spiro atoms. The minimum atomic E-state index is -1.45. The van der Waals surface area contributed by atoms with E-state index in [-0.39, 0.29) is 16.3 Å². The molecule has 0 aromatic heterocycles. The van der Waals surface area contributed by atoms with Gasteiger partial charge in [-0.05, 0) is 25.1 Å². The molecule has 1 aromatic carbocycles. The number of nitriles is 1. The smallest absolute Gasteiger partial charge is 0.328 e. The van der Waals surface area contributed by atoms with Gasteiger partial charge in [0.1, 0.15) is 0 Å². The van der Waals surface area contributed by atoms with E-state index in [0.717, 1.165) is 0 Å². The number of hydrogen-bond donors (Lipinski definition) is 4. The second kappa shape index (κ2) is 6.75. The zero-order valence-electron chi connectivity index (χ0n) is 10.4. The van der Waals surface area contributed by atoms with Gasteiger partial charge in [-0.15, -0.1) is 0 Å². The first kappa shape index (κ1) is 15.8. The summed E-state index contributed by atoms with van der Waals surface area (Å²) >= 11 is 5.84. The van der Waals surface area contributed by atoms with Gasteiger partial charge in [0.05, 0.1) is 28.4 Å². The summed E-state index contributed by atoms with van der Waals surface area (Å²) in [7, 11) is 0. The van der Waals surface area contributed by atoms with Gasteiger partial charge >= 0.3 is 12.0 Å². The van der Waals surface area contributed by atoms with Crippen LogP contribution in [0.15, 0.2) is 18.2 Å². The third-order valence-corrected chi connectivity index (χ3v) is 2.71. The molecule has 1 aromatic rings. The number of carboxylic acids is 1. The van der Waals surface area contributed by atoms with Gasteiger partial charge in [-0.3, -0.25) is 0 Å². The number of carboxylic acid groups (broad SMARTS) is 1. The lowest BCUT2D eigenvalue weighted by atomic mass is 10.2. The van der Waals surface area contributed by atoms with Crippen molar-refractivity contribution in [1.82, 2.24) is 5.32 Å². The maximum Gasteiger partial charge on any atom is 0.328 e. The number of rotatable bonds is 4. The number of hydrogen-bond acceptors (Lipinski definition) is 4. The van der Waals surface area contributed by atoms with Crippen molar-refractivity contribution in [2.24, 2.45) is 0 Å². The lowest BCUT2D eigenvalue weighted by Crippen LogP contribution is -2.49. The normalized spacial score (nSPS) is 12.9. The van der Waals surface area contributed by atoms with E-state index in [4.69, 9.17) is 22.0 Å². The number of carbonyl (C=O) groups excluding carboxylic acids is 1. The van der Waals surface area contributed by atoms with Crippen LogP contribution < -0.4 is 10.6 Å². The maximum absolute atomic E-state index is 11.6. The average molecular weight is 298 g/mol. The third kappa shape index (κ3) is 4.12. The highest BCUT2D eigenvalue weighted by Crippen LogP contribution is 2.22. The first-order chi connectivity index (χ1) is 9.35. The molecule has 0 unspecified atom stereocenters. The summed E-state index contributed by atoms with van der Waals surface area (Å²) in [4.78, 5) is 22.5. The Bertz CT molecular complexity index is 568. The summed E-state index contributed by atoms with van der Waals surface area (Å²) in [5, 5.41) is 31.4. The summed E-state index contributed by atoms with van der Waals surface area (Å²) in [6.45, 7) is 1.24. The van der Waals surface area contributed by atoms with Crippen LogP contribution in [0.5, 0.6) is 0 Å². The molecule has 20 heavy (non-hydrogen) atoms. The van der Waals surface area contributed by atoms with Crippen LogP contribution in [0.4, 0.5) is 10.5 Å². The Morgan fingerprint density at radius 3 is 2.60 bits per heavy atom. The number of benzene rings is 1. The monoisotopic (exact) mass is 297 g/mol. The summed E-state index contributed by atoms with van der Waals surface area (Å²) in [6.07, 6.45) is -1.26. The molecular weight excluding hydrogens is 286 g/mol. The molecular formula is C12H12ClN3O4. The topological polar surface area (TPSA) is 122 Å². The number of aliphatic carboxylic acids is 1. The van der Waals surface area contributed by atoms with E-state index >= 15 is 0 Å². The van der Waals surface area contributed by atoms with Crippen LogP contribution in [0.1, 0.15) is 12.5 Å². The zero-order valence-corrected chi connectivity index (χ0v) is 11.2. The van der Waals surface area contributed by atoms with Crippen molar-refractivity contribution < 1.29 is 19.8 Å². The van der Waals surface area contributed by atoms with Crippen molar-refractivity contribution in [3.8, 4) is 6.07 Å². The van der Waals surface area contributed by atoms with Gasteiger partial charge in [-0.25, -0.2) is 9.59 Å². The van der Waals surface area contributed by atoms with Crippen LogP contribution in [0.3, 0.4) is 0 Å². The summed E-state index contributed by atoms with van der Waals surface area (Å²) in [5.74, 6) is -1.37. The molecule has 0 radical (unpaired) electrons. The number of amides is 2. The van der Waals surface area contributed by atoms with E-state index in [1.54, 1.807) is 0 Å². The van der Waals surface area contributed by atoms with Crippen LogP contribution in [0, 0.1) is 11.3 Å². The van der Waals surface area contributed by atoms with E-state index in [9.17, 15) is 14.7 Å². The molecule has 0 saturated carbocycles. The molecule has 0 aliphatic heterocycles. The predicted octanol–water partition coefficient (Wildman–Crippen LogP) is 1.17. The summed E-state index contributed by atoms with van der Waals surface area (Å²) in [5.41, 5.74) is 0.452. The minimum absolute atomic E-state index is 0.165. The molecule has 2 amide bonds. The highest BCUT2D eigenvalue weighted by atomic mass is 35.5. The average Bonchev–Trinajstić information content (AvgIpc) is 2.37. The van der Waals surface area contributed by atoms with Crippen molar-refractivity contribution in [3.63, 3.8) is 0 Å². The van der Waals surface area contributed by atoms with Gasteiger partial charge in [0.25, 0.3) is 0 Å². The first-order valence-corrected chi connectivity index (χ1v) is 5.91. The van der Waals surface area contributed by atoms with Gasteiger partial charge in [0, 0.05) is 0 Å². The molecule has 106 valence electrons. The highest BCUT2D eigenvalue weighted by Gasteiger charge is 2.25. The van der Waals surface area contributed by atoms with Crippen molar-refractivity contribution in [1.29, 1.82) is 5.26 Å². The molecule has 8 heteroatoms. The van der Waals surface area contributed by atoms with Crippen LogP contribution in [-0.4, -0.2) is 34.4 Å². The molecule has 0 fully saturated rings. The largest absolute Gasteiger partial charge is 0.480 e. The van der Waals surface area contributed by atoms with Gasteiger partial charge < -0.3 is 20.8 Å². The highest BCUT2D eigenvalue weighted by molar-refractivity contribution is 6.33. The maximum atomic E-state index is 11.6. The molecule has 0 saturated heterocycles. The number of nitrogens with one attached hydrogen (secondary N) is 2. The van der Waals surface area contributed by atoms with E-state index in [2.05, 4.69) is 10.6 Å². The van der Waals surface area contributed by atoms with E-state index in [0.29, 0.717) is 0 Å². The fourth-order valence-corrected chi connectivity index (χ4v) is 1.54. The number of halogens is 1. The number of nitrogens with zero attached hydrogens (tertiary/aromatic N) is 1. The van der Waals surface area contributed by atoms with Gasteiger partial charge in [0.2, 0.25) is 0 Å². The number of urea groups is 1. The Morgan fingerprint density at radius 1 is 1.45 bits per heavy atom. The van der Waals surface area contributed by atoms with Crippen LogP contribution in [-0.2, 0) is 4.79 Å². The zero-order chi connectivity index (χ0) is 15.3. The lowest BCUT2D eigenvalue weighted by molar-refractivity contribution is -0.141. The SMILES string of the molecule is C[C@@H](O)[C@H](NC(=O)Nc1cc(C#N)ccc1Cl)C(=O)O. The standard InChI is InChI=1S/C12H12ClN3O4/c1-6(17)10(11(18)19)16-12(20)15-9-4-7(5-14)2-3-8(9)13/h2-4,6,10,17H,1H3,(H,18,19)(H2,15,16,20)/t6-,10+/m1/s1. The molecule has 4 N–H and O–H groups in total. The number of carbonyl (C=O) groups is 2. The molecule has 0 heterocycles. The molecule has 0 aliphatic rings. The number of aliphatic hydroxyl groups is 1. The molecule has 1 rings (SSSR count). The number of aliphatic hydroxyl groups excluding tert-OH is 1. The Kier molecular flexibility index (Phi) is 5.32. The molecule has 2 atom stereocenters. The predicted molar refractivity (Wildman–Crippen MR) is 71.4 cm³/mol. The lowest BCUT2D eigenvalue weighted by Gasteiger charge is -2.17. The van der Waals surface area contributed by atoms with Crippen molar-refractivity contribution in [3.05, 3.63) is 28.8 Å². The van der Waals surface area contributed by atoms with Crippen molar-refractivity contribution in [2.75, 3.05) is 5.32 Å². The quantitative estimate of drug-likeness (QED) is 0.664. The number of anilines is 1. The Hall–Kier alpha value is -2.30. The Labute approximate surface area is 119 Å². The molecule has 7 nitrogen and oxygen atoms in total. The molecule has 0 aliphatic carbocycles. The van der Waals surface area contributed by atoms with E-state index < -0.39 is 24.1 Å². The van der Waals surface area contributed by atoms with Gasteiger partial charge in [-0.1, -0.05) is 11.6 Å². The van der Waals surface area contributed by atoms with Gasteiger partial charge in [-0.2, -0.15) is 5.26 Å². The molecule has 0 bridgehead atoms. The second-order valence-corrected chi connectivity index (χ2v) is 4.37. The summed E-state index contributed by atoms with van der Waals surface area (Å²) < 4.78 is 0. The van der Waals surface area contributed by atoms with Crippen LogP contribution in [0.25, 0.3) is 0 Å². The van der Waals surface area contributed by atoms with E-state index in [1.165, 1.54) is 25.1 Å². The van der Waals surface area contributed by atoms with Crippen molar-refractivity contribution >= 4 is 29.3 Å². The second-order valence-electron chi connectivity index (χ2n) is 3.96.